The first-order valence-corrected chi connectivity index (χ1v) is 6.72. The zero-order valence-corrected chi connectivity index (χ0v) is 12.5. The molecule has 3 nitrogen and oxygen atoms in total. The van der Waals surface area contributed by atoms with Crippen molar-refractivity contribution in [2.24, 2.45) is 0 Å². The molecule has 2 rings (SSSR count). The van der Waals surface area contributed by atoms with Crippen LogP contribution in [0.5, 0.6) is 17.2 Å². The van der Waals surface area contributed by atoms with E-state index >= 15 is 0 Å². The average Bonchev–Trinajstić information content (AvgIpc) is 2.53. The minimum absolute atomic E-state index is 0.484. The maximum Gasteiger partial charge on any atom is 0.203 e. The third kappa shape index (κ3) is 2.83. The number of hydrogen-bond acceptors (Lipinski definition) is 3. The van der Waals surface area contributed by atoms with Gasteiger partial charge in [0.1, 0.15) is 0 Å². The van der Waals surface area contributed by atoms with Gasteiger partial charge in [0.25, 0.3) is 0 Å². The van der Waals surface area contributed by atoms with E-state index in [0.29, 0.717) is 23.1 Å². The van der Waals surface area contributed by atoms with Gasteiger partial charge in [0.05, 0.1) is 21.3 Å². The topological polar surface area (TPSA) is 27.7 Å². The Kier molecular flexibility index (Phi) is 4.74. The molecule has 0 aromatic heterocycles. The molecule has 0 bridgehead atoms. The van der Waals surface area contributed by atoms with Gasteiger partial charge in [0.2, 0.25) is 5.75 Å². The third-order valence-corrected chi connectivity index (χ3v) is 3.39. The second-order valence-corrected chi connectivity index (χ2v) is 4.52. The van der Waals surface area contributed by atoms with Gasteiger partial charge < -0.3 is 14.2 Å². The van der Waals surface area contributed by atoms with Crippen molar-refractivity contribution in [2.45, 2.75) is 5.88 Å². The Morgan fingerprint density at radius 1 is 0.850 bits per heavy atom. The lowest BCUT2D eigenvalue weighted by molar-refractivity contribution is 0.324. The summed E-state index contributed by atoms with van der Waals surface area (Å²) in [6.45, 7) is 0. The van der Waals surface area contributed by atoms with Gasteiger partial charge in [-0.1, -0.05) is 18.2 Å². The minimum Gasteiger partial charge on any atom is -0.493 e. The van der Waals surface area contributed by atoms with Gasteiger partial charge in [0.15, 0.2) is 11.5 Å². The molecule has 0 fully saturated rings. The highest BCUT2D eigenvalue weighted by Gasteiger charge is 2.14. The van der Waals surface area contributed by atoms with Crippen LogP contribution in [0.2, 0.25) is 0 Å². The van der Waals surface area contributed by atoms with E-state index in [1.54, 1.807) is 21.3 Å². The molecule has 0 aliphatic rings. The molecule has 0 aliphatic carbocycles. The summed E-state index contributed by atoms with van der Waals surface area (Å²) >= 11 is 5.88. The molecule has 0 unspecified atom stereocenters. The fourth-order valence-electron chi connectivity index (χ4n) is 2.08. The normalized spacial score (nSPS) is 10.2. The summed E-state index contributed by atoms with van der Waals surface area (Å²) in [6, 6.07) is 11.9. The largest absolute Gasteiger partial charge is 0.493 e. The lowest BCUT2D eigenvalue weighted by Gasteiger charge is -2.14. The van der Waals surface area contributed by atoms with E-state index in [4.69, 9.17) is 25.8 Å². The SMILES string of the molecule is COc1cc(-c2cccc(CCl)c2)cc(OC)c1OC. The Morgan fingerprint density at radius 2 is 1.50 bits per heavy atom. The zero-order chi connectivity index (χ0) is 14.5. The summed E-state index contributed by atoms with van der Waals surface area (Å²) in [4.78, 5) is 0. The molecule has 2 aromatic carbocycles. The average molecular weight is 293 g/mol. The maximum absolute atomic E-state index is 5.88. The Morgan fingerprint density at radius 3 is 2.00 bits per heavy atom. The highest BCUT2D eigenvalue weighted by atomic mass is 35.5. The number of rotatable bonds is 5. The van der Waals surface area contributed by atoms with Gasteiger partial charge in [-0.2, -0.15) is 0 Å². The first-order chi connectivity index (χ1) is 9.73. The van der Waals surface area contributed by atoms with E-state index in [1.165, 1.54) is 0 Å². The number of halogens is 1. The first-order valence-electron chi connectivity index (χ1n) is 6.18. The van der Waals surface area contributed by atoms with Crippen molar-refractivity contribution in [3.8, 4) is 28.4 Å². The molecule has 20 heavy (non-hydrogen) atoms. The summed E-state index contributed by atoms with van der Waals surface area (Å²) in [5.41, 5.74) is 3.12. The van der Waals surface area contributed by atoms with Crippen LogP contribution in [-0.4, -0.2) is 21.3 Å². The zero-order valence-electron chi connectivity index (χ0n) is 11.8. The van der Waals surface area contributed by atoms with Crippen molar-refractivity contribution in [3.05, 3.63) is 42.0 Å². The highest BCUT2D eigenvalue weighted by molar-refractivity contribution is 6.17. The summed E-state index contributed by atoms with van der Waals surface area (Å²) in [5.74, 6) is 2.35. The Balaban J connectivity index is 2.56. The fourth-order valence-corrected chi connectivity index (χ4v) is 2.25. The first kappa shape index (κ1) is 14.5. The smallest absolute Gasteiger partial charge is 0.203 e. The van der Waals surface area contributed by atoms with Crippen LogP contribution in [0.15, 0.2) is 36.4 Å². The molecular weight excluding hydrogens is 276 g/mol. The molecule has 0 amide bonds. The monoisotopic (exact) mass is 292 g/mol. The maximum atomic E-state index is 5.88. The van der Waals surface area contributed by atoms with E-state index in [1.807, 2.05) is 36.4 Å². The molecule has 0 radical (unpaired) electrons. The molecule has 106 valence electrons. The van der Waals surface area contributed by atoms with Crippen molar-refractivity contribution in [3.63, 3.8) is 0 Å². The van der Waals surface area contributed by atoms with E-state index < -0.39 is 0 Å². The molecule has 0 heterocycles. The van der Waals surface area contributed by atoms with E-state index in [0.717, 1.165) is 16.7 Å². The van der Waals surface area contributed by atoms with Gasteiger partial charge in [-0.3, -0.25) is 0 Å². The predicted molar refractivity (Wildman–Crippen MR) is 81.1 cm³/mol. The highest BCUT2D eigenvalue weighted by Crippen LogP contribution is 2.41. The van der Waals surface area contributed by atoms with Crippen molar-refractivity contribution < 1.29 is 14.2 Å². The van der Waals surface area contributed by atoms with Crippen molar-refractivity contribution in [1.82, 2.24) is 0 Å². The number of ether oxygens (including phenoxy) is 3. The molecule has 0 spiro atoms. The molecule has 0 N–H and O–H groups in total. The van der Waals surface area contributed by atoms with Gasteiger partial charge in [-0.05, 0) is 34.9 Å². The standard InChI is InChI=1S/C16H17ClO3/c1-18-14-8-13(9-15(19-2)16(14)20-3)12-6-4-5-11(7-12)10-17/h4-9H,10H2,1-3H3. The van der Waals surface area contributed by atoms with Gasteiger partial charge >= 0.3 is 0 Å². The van der Waals surface area contributed by atoms with Gasteiger partial charge in [-0.15, -0.1) is 11.6 Å². The van der Waals surface area contributed by atoms with Gasteiger partial charge in [-0.25, -0.2) is 0 Å². The van der Waals surface area contributed by atoms with Crippen LogP contribution < -0.4 is 14.2 Å². The van der Waals surface area contributed by atoms with Crippen LogP contribution in [0.3, 0.4) is 0 Å². The van der Waals surface area contributed by atoms with Crippen LogP contribution in [0.25, 0.3) is 11.1 Å². The Hall–Kier alpha value is -1.87. The van der Waals surface area contributed by atoms with Crippen molar-refractivity contribution in [2.75, 3.05) is 21.3 Å². The van der Waals surface area contributed by atoms with Crippen LogP contribution >= 0.6 is 11.6 Å². The molecule has 0 saturated carbocycles. The molecule has 0 atom stereocenters. The minimum atomic E-state index is 0.484. The van der Waals surface area contributed by atoms with Crippen LogP contribution in [0.4, 0.5) is 0 Å². The van der Waals surface area contributed by atoms with Crippen molar-refractivity contribution in [1.29, 1.82) is 0 Å². The van der Waals surface area contributed by atoms with E-state index in [9.17, 15) is 0 Å². The van der Waals surface area contributed by atoms with E-state index in [-0.39, 0.29) is 0 Å². The van der Waals surface area contributed by atoms with Gasteiger partial charge in [0, 0.05) is 5.88 Å². The quantitative estimate of drug-likeness (QED) is 0.776. The summed E-state index contributed by atoms with van der Waals surface area (Å²) < 4.78 is 16.1. The third-order valence-electron chi connectivity index (χ3n) is 3.08. The summed E-state index contributed by atoms with van der Waals surface area (Å²) in [7, 11) is 4.81. The predicted octanol–water partition coefficient (Wildman–Crippen LogP) is 4.12. The lowest BCUT2D eigenvalue weighted by Crippen LogP contribution is -1.95. The fraction of sp³-hybridized carbons (Fsp3) is 0.250. The molecule has 2 aromatic rings. The molecule has 4 heteroatoms. The number of benzene rings is 2. The lowest BCUT2D eigenvalue weighted by atomic mass is 10.0. The summed E-state index contributed by atoms with van der Waals surface area (Å²) in [5, 5.41) is 0. The summed E-state index contributed by atoms with van der Waals surface area (Å²) in [6.07, 6.45) is 0. The molecular formula is C16H17ClO3. The second-order valence-electron chi connectivity index (χ2n) is 4.25. The molecule has 0 aliphatic heterocycles. The van der Waals surface area contributed by atoms with Crippen molar-refractivity contribution >= 4 is 11.6 Å². The van der Waals surface area contributed by atoms with Crippen LogP contribution in [0.1, 0.15) is 5.56 Å². The van der Waals surface area contributed by atoms with E-state index in [2.05, 4.69) is 0 Å². The second kappa shape index (κ2) is 6.53. The number of hydrogen-bond donors (Lipinski definition) is 0. The molecule has 0 saturated heterocycles. The Bertz CT molecular complexity index is 571. The van der Waals surface area contributed by atoms with Crippen LogP contribution in [-0.2, 0) is 5.88 Å². The Labute approximate surface area is 124 Å². The van der Waals surface area contributed by atoms with Crippen LogP contribution in [0, 0.1) is 0 Å². The number of alkyl halides is 1. The number of methoxy groups -OCH3 is 3.